The highest BCUT2D eigenvalue weighted by Gasteiger charge is 2.24. The fourth-order valence-corrected chi connectivity index (χ4v) is 2.77. The van der Waals surface area contributed by atoms with Crippen LogP contribution in [0, 0.1) is 0 Å². The Morgan fingerprint density at radius 3 is 2.48 bits per heavy atom. The molecule has 1 fully saturated rings. The maximum Gasteiger partial charge on any atom is 0.234 e. The Labute approximate surface area is 135 Å². The number of primary amides is 1. The van der Waals surface area contributed by atoms with Gasteiger partial charge in [-0.1, -0.05) is 30.3 Å². The number of hydrogen-bond acceptors (Lipinski definition) is 5. The maximum absolute atomic E-state index is 11.3. The quantitative estimate of drug-likeness (QED) is 0.916. The maximum atomic E-state index is 11.3. The monoisotopic (exact) mass is 311 g/mol. The van der Waals surface area contributed by atoms with Crippen molar-refractivity contribution >= 4 is 11.7 Å². The molecule has 23 heavy (non-hydrogen) atoms. The van der Waals surface area contributed by atoms with Crippen molar-refractivity contribution in [2.45, 2.75) is 13.0 Å². The van der Waals surface area contributed by atoms with Crippen molar-refractivity contribution in [3.8, 4) is 11.4 Å². The molecule has 1 aromatic heterocycles. The molecule has 0 saturated carbocycles. The zero-order valence-corrected chi connectivity index (χ0v) is 13.2. The van der Waals surface area contributed by atoms with Gasteiger partial charge in [0.05, 0.1) is 6.04 Å². The molecule has 0 radical (unpaired) electrons. The molecule has 6 nitrogen and oxygen atoms in total. The van der Waals surface area contributed by atoms with Crippen molar-refractivity contribution in [2.75, 3.05) is 31.1 Å². The number of rotatable bonds is 4. The molecule has 0 unspecified atom stereocenters. The zero-order chi connectivity index (χ0) is 16.2. The van der Waals surface area contributed by atoms with Gasteiger partial charge < -0.3 is 10.6 Å². The SMILES string of the molecule is C[C@H](C(N)=O)N1CCN(c2ccnc(-c3ccccc3)n2)CC1. The molecule has 2 heterocycles. The molecule has 6 heteroatoms. The average Bonchev–Trinajstić information content (AvgIpc) is 2.62. The van der Waals surface area contributed by atoms with Gasteiger partial charge in [0.1, 0.15) is 5.82 Å². The summed E-state index contributed by atoms with van der Waals surface area (Å²) in [5.74, 6) is 1.38. The number of carbonyl (C=O) groups excluding carboxylic acids is 1. The highest BCUT2D eigenvalue weighted by atomic mass is 16.1. The van der Waals surface area contributed by atoms with E-state index in [0.29, 0.717) is 0 Å². The third-order valence-electron chi connectivity index (χ3n) is 4.27. The average molecular weight is 311 g/mol. The highest BCUT2D eigenvalue weighted by Crippen LogP contribution is 2.19. The molecular weight excluding hydrogens is 290 g/mol. The fourth-order valence-electron chi connectivity index (χ4n) is 2.77. The van der Waals surface area contributed by atoms with Crippen LogP contribution in [0.25, 0.3) is 11.4 Å². The molecule has 1 aromatic carbocycles. The largest absolute Gasteiger partial charge is 0.368 e. The van der Waals surface area contributed by atoms with Crippen molar-refractivity contribution in [3.63, 3.8) is 0 Å². The van der Waals surface area contributed by atoms with Crippen LogP contribution in [0.2, 0.25) is 0 Å². The van der Waals surface area contributed by atoms with E-state index in [4.69, 9.17) is 5.73 Å². The van der Waals surface area contributed by atoms with E-state index >= 15 is 0 Å². The zero-order valence-electron chi connectivity index (χ0n) is 13.2. The number of benzene rings is 1. The fraction of sp³-hybridized carbons (Fsp3) is 0.353. The summed E-state index contributed by atoms with van der Waals surface area (Å²) in [7, 11) is 0. The summed E-state index contributed by atoms with van der Waals surface area (Å²) < 4.78 is 0. The first-order valence-corrected chi connectivity index (χ1v) is 7.82. The molecule has 0 aliphatic carbocycles. The second-order valence-electron chi connectivity index (χ2n) is 5.71. The van der Waals surface area contributed by atoms with E-state index in [9.17, 15) is 4.79 Å². The lowest BCUT2D eigenvalue weighted by Crippen LogP contribution is -2.53. The summed E-state index contributed by atoms with van der Waals surface area (Å²) in [4.78, 5) is 24.7. The standard InChI is InChI=1S/C17H21N5O/c1-13(16(18)23)21-9-11-22(12-10-21)15-7-8-19-17(20-15)14-5-3-2-4-6-14/h2-8,13H,9-12H2,1H3,(H2,18,23)/t13-/m1/s1. The Balaban J connectivity index is 1.71. The second-order valence-corrected chi connectivity index (χ2v) is 5.71. The Kier molecular flexibility index (Phi) is 4.52. The number of aromatic nitrogens is 2. The van der Waals surface area contributed by atoms with Crippen LogP contribution in [-0.2, 0) is 4.79 Å². The Bertz CT molecular complexity index is 668. The molecule has 3 rings (SSSR count). The van der Waals surface area contributed by atoms with E-state index in [-0.39, 0.29) is 11.9 Å². The van der Waals surface area contributed by atoms with Crippen LogP contribution in [-0.4, -0.2) is 53.0 Å². The van der Waals surface area contributed by atoms with Gasteiger partial charge in [0, 0.05) is 37.9 Å². The van der Waals surface area contributed by atoms with E-state index in [2.05, 4.69) is 19.8 Å². The minimum Gasteiger partial charge on any atom is -0.368 e. The smallest absolute Gasteiger partial charge is 0.234 e. The molecule has 120 valence electrons. The number of hydrogen-bond donors (Lipinski definition) is 1. The van der Waals surface area contributed by atoms with Gasteiger partial charge in [-0.05, 0) is 13.0 Å². The van der Waals surface area contributed by atoms with Crippen molar-refractivity contribution in [1.82, 2.24) is 14.9 Å². The number of nitrogens with zero attached hydrogens (tertiary/aromatic N) is 4. The lowest BCUT2D eigenvalue weighted by atomic mass is 10.2. The van der Waals surface area contributed by atoms with Crippen LogP contribution < -0.4 is 10.6 Å². The lowest BCUT2D eigenvalue weighted by Gasteiger charge is -2.37. The summed E-state index contributed by atoms with van der Waals surface area (Å²) in [6.45, 7) is 5.10. The number of anilines is 1. The van der Waals surface area contributed by atoms with Crippen molar-refractivity contribution in [2.24, 2.45) is 5.73 Å². The molecule has 2 N–H and O–H groups in total. The van der Waals surface area contributed by atoms with Gasteiger partial charge in [-0.2, -0.15) is 0 Å². The van der Waals surface area contributed by atoms with Crippen molar-refractivity contribution in [1.29, 1.82) is 0 Å². The molecule has 1 atom stereocenters. The number of nitrogens with two attached hydrogens (primary N) is 1. The molecule has 1 saturated heterocycles. The Morgan fingerprint density at radius 2 is 1.83 bits per heavy atom. The molecule has 1 aliphatic heterocycles. The molecular formula is C17H21N5O. The summed E-state index contributed by atoms with van der Waals surface area (Å²) >= 11 is 0. The van der Waals surface area contributed by atoms with E-state index in [1.165, 1.54) is 0 Å². The van der Waals surface area contributed by atoms with Crippen LogP contribution in [0.5, 0.6) is 0 Å². The van der Waals surface area contributed by atoms with Gasteiger partial charge in [0.15, 0.2) is 5.82 Å². The van der Waals surface area contributed by atoms with Crippen LogP contribution in [0.1, 0.15) is 6.92 Å². The normalized spacial score (nSPS) is 17.0. The van der Waals surface area contributed by atoms with Crippen LogP contribution in [0.15, 0.2) is 42.6 Å². The van der Waals surface area contributed by atoms with Gasteiger partial charge in [-0.15, -0.1) is 0 Å². The molecule has 1 amide bonds. The Hall–Kier alpha value is -2.47. The molecule has 1 aliphatic rings. The highest BCUT2D eigenvalue weighted by molar-refractivity contribution is 5.79. The predicted molar refractivity (Wildman–Crippen MR) is 89.9 cm³/mol. The molecule has 0 bridgehead atoms. The van der Waals surface area contributed by atoms with Crippen LogP contribution >= 0.6 is 0 Å². The third-order valence-corrected chi connectivity index (χ3v) is 4.27. The van der Waals surface area contributed by atoms with E-state index in [1.54, 1.807) is 6.20 Å². The van der Waals surface area contributed by atoms with E-state index in [1.807, 2.05) is 43.3 Å². The van der Waals surface area contributed by atoms with Crippen LogP contribution in [0.4, 0.5) is 5.82 Å². The topological polar surface area (TPSA) is 75.4 Å². The Morgan fingerprint density at radius 1 is 1.13 bits per heavy atom. The second kappa shape index (κ2) is 6.75. The van der Waals surface area contributed by atoms with Gasteiger partial charge in [0.25, 0.3) is 0 Å². The summed E-state index contributed by atoms with van der Waals surface area (Å²) in [6, 6.07) is 11.7. The third kappa shape index (κ3) is 3.48. The molecule has 0 spiro atoms. The lowest BCUT2D eigenvalue weighted by molar-refractivity contribution is -0.122. The number of carbonyl (C=O) groups is 1. The van der Waals surface area contributed by atoms with Gasteiger partial charge in [-0.3, -0.25) is 9.69 Å². The first-order valence-electron chi connectivity index (χ1n) is 7.82. The summed E-state index contributed by atoms with van der Waals surface area (Å²) in [6.07, 6.45) is 1.79. The van der Waals surface area contributed by atoms with Crippen molar-refractivity contribution in [3.05, 3.63) is 42.6 Å². The first kappa shape index (κ1) is 15.4. The number of piperazine rings is 1. The summed E-state index contributed by atoms with van der Waals surface area (Å²) in [5.41, 5.74) is 6.39. The summed E-state index contributed by atoms with van der Waals surface area (Å²) in [5, 5.41) is 0. The van der Waals surface area contributed by atoms with Crippen molar-refractivity contribution < 1.29 is 4.79 Å². The molecule has 2 aromatic rings. The van der Waals surface area contributed by atoms with Gasteiger partial charge >= 0.3 is 0 Å². The van der Waals surface area contributed by atoms with Gasteiger partial charge in [0.2, 0.25) is 5.91 Å². The van der Waals surface area contributed by atoms with E-state index < -0.39 is 0 Å². The number of amides is 1. The van der Waals surface area contributed by atoms with E-state index in [0.717, 1.165) is 43.4 Å². The van der Waals surface area contributed by atoms with Gasteiger partial charge in [-0.25, -0.2) is 9.97 Å². The van der Waals surface area contributed by atoms with Crippen LogP contribution in [0.3, 0.4) is 0 Å². The predicted octanol–water partition coefficient (Wildman–Crippen LogP) is 1.14. The first-order chi connectivity index (χ1) is 11.1. The minimum atomic E-state index is -0.271. The minimum absolute atomic E-state index is 0.220.